The van der Waals surface area contributed by atoms with Gasteiger partial charge in [-0.1, -0.05) is 0 Å². The maximum absolute atomic E-state index is 12.5. The molecule has 1 N–H and O–H groups in total. The first-order chi connectivity index (χ1) is 7.34. The Morgan fingerprint density at radius 3 is 2.56 bits per heavy atom. The van der Waals surface area contributed by atoms with E-state index in [1.807, 2.05) is 0 Å². The molecule has 0 aliphatic heterocycles. The van der Waals surface area contributed by atoms with E-state index in [1.165, 1.54) is 0 Å². The third-order valence-corrected chi connectivity index (χ3v) is 1.96. The van der Waals surface area contributed by atoms with Gasteiger partial charge in [-0.2, -0.15) is 13.2 Å². The quantitative estimate of drug-likeness (QED) is 0.797. The van der Waals surface area contributed by atoms with Gasteiger partial charge in [-0.3, -0.25) is 4.79 Å². The van der Waals surface area contributed by atoms with Crippen LogP contribution in [-0.4, -0.2) is 18.2 Å². The van der Waals surface area contributed by atoms with E-state index in [0.29, 0.717) is 0 Å². The lowest BCUT2D eigenvalue weighted by molar-refractivity contribution is -0.141. The zero-order valence-corrected chi connectivity index (χ0v) is 8.34. The summed E-state index contributed by atoms with van der Waals surface area (Å²) in [4.78, 5) is 10.9. The van der Waals surface area contributed by atoms with E-state index in [0.717, 1.165) is 25.3 Å². The van der Waals surface area contributed by atoms with Crippen molar-refractivity contribution in [2.75, 3.05) is 7.11 Å². The number of carbonyl (C=O) groups excluding carboxylic acids is 1. The molecule has 0 saturated carbocycles. The van der Waals surface area contributed by atoms with Gasteiger partial charge < -0.3 is 9.84 Å². The summed E-state index contributed by atoms with van der Waals surface area (Å²) in [7, 11) is 1.08. The Morgan fingerprint density at radius 1 is 1.44 bits per heavy atom. The van der Waals surface area contributed by atoms with Crippen LogP contribution in [0.4, 0.5) is 13.2 Å². The number of benzene rings is 1. The minimum absolute atomic E-state index is 0.306. The topological polar surface area (TPSA) is 46.5 Å². The fourth-order valence-electron chi connectivity index (χ4n) is 1.23. The van der Waals surface area contributed by atoms with Gasteiger partial charge in [0.1, 0.15) is 5.75 Å². The molecule has 3 nitrogen and oxygen atoms in total. The van der Waals surface area contributed by atoms with Gasteiger partial charge in [0.05, 0.1) is 19.1 Å². The summed E-state index contributed by atoms with van der Waals surface area (Å²) in [6.45, 7) is 0. The molecule has 0 spiro atoms. The predicted octanol–water partition coefficient (Wildman–Crippen LogP) is 2.13. The number of halogens is 3. The molecule has 0 aliphatic carbocycles. The van der Waals surface area contributed by atoms with Crippen molar-refractivity contribution in [2.45, 2.75) is 12.6 Å². The number of aromatic hydroxyl groups is 1. The van der Waals surface area contributed by atoms with E-state index >= 15 is 0 Å². The molecule has 0 amide bonds. The Bertz CT molecular complexity index is 399. The Labute approximate surface area is 89.5 Å². The van der Waals surface area contributed by atoms with Crippen LogP contribution in [0, 0.1) is 0 Å². The summed E-state index contributed by atoms with van der Waals surface area (Å²) < 4.78 is 41.8. The smallest absolute Gasteiger partial charge is 0.416 e. The standard InChI is InChI=1S/C10H9F3O3/c1-16-9(15)5-6-4-7(14)2-3-8(6)10(11,12)13/h2-4,14H,5H2,1H3. The van der Waals surface area contributed by atoms with E-state index in [9.17, 15) is 18.0 Å². The van der Waals surface area contributed by atoms with E-state index in [2.05, 4.69) is 4.74 Å². The number of ether oxygens (including phenoxy) is 1. The minimum atomic E-state index is -4.56. The summed E-state index contributed by atoms with van der Waals surface area (Å²) in [6.07, 6.45) is -5.09. The van der Waals surface area contributed by atoms with Gasteiger partial charge in [0.25, 0.3) is 0 Å². The van der Waals surface area contributed by atoms with Crippen molar-refractivity contribution in [3.8, 4) is 5.75 Å². The van der Waals surface area contributed by atoms with Gasteiger partial charge in [-0.05, 0) is 23.8 Å². The molecule has 1 aromatic carbocycles. The molecule has 0 fully saturated rings. The van der Waals surface area contributed by atoms with Crippen molar-refractivity contribution >= 4 is 5.97 Å². The Morgan fingerprint density at radius 2 is 2.06 bits per heavy atom. The van der Waals surface area contributed by atoms with Crippen LogP contribution >= 0.6 is 0 Å². The average molecular weight is 234 g/mol. The van der Waals surface area contributed by atoms with Crippen LogP contribution in [0.2, 0.25) is 0 Å². The normalized spacial score (nSPS) is 11.2. The van der Waals surface area contributed by atoms with Crippen LogP contribution in [-0.2, 0) is 22.1 Å². The number of esters is 1. The second-order valence-corrected chi connectivity index (χ2v) is 3.09. The van der Waals surface area contributed by atoms with Crippen molar-refractivity contribution in [3.63, 3.8) is 0 Å². The summed E-state index contributed by atoms with van der Waals surface area (Å²) in [6, 6.07) is 2.55. The Hall–Kier alpha value is -1.72. The third-order valence-electron chi connectivity index (χ3n) is 1.96. The molecule has 1 aromatic rings. The highest BCUT2D eigenvalue weighted by molar-refractivity contribution is 5.73. The summed E-state index contributed by atoms with van der Waals surface area (Å²) >= 11 is 0. The SMILES string of the molecule is COC(=O)Cc1cc(O)ccc1C(F)(F)F. The van der Waals surface area contributed by atoms with Crippen molar-refractivity contribution in [1.29, 1.82) is 0 Å². The molecule has 6 heteroatoms. The lowest BCUT2D eigenvalue weighted by Gasteiger charge is -2.12. The van der Waals surface area contributed by atoms with E-state index < -0.39 is 24.1 Å². The molecule has 0 atom stereocenters. The molecule has 0 saturated heterocycles. The van der Waals surface area contributed by atoms with Crippen molar-refractivity contribution in [2.24, 2.45) is 0 Å². The number of phenols is 1. The third kappa shape index (κ3) is 2.88. The van der Waals surface area contributed by atoms with Crippen molar-refractivity contribution in [3.05, 3.63) is 29.3 Å². The van der Waals surface area contributed by atoms with Gasteiger partial charge in [-0.25, -0.2) is 0 Å². The van der Waals surface area contributed by atoms with E-state index in [4.69, 9.17) is 5.11 Å². The van der Waals surface area contributed by atoms with Gasteiger partial charge in [-0.15, -0.1) is 0 Å². The number of hydrogen-bond acceptors (Lipinski definition) is 3. The molecule has 0 radical (unpaired) electrons. The number of alkyl halides is 3. The van der Waals surface area contributed by atoms with Crippen LogP contribution in [0.15, 0.2) is 18.2 Å². The van der Waals surface area contributed by atoms with Crippen molar-refractivity contribution < 1.29 is 27.8 Å². The second-order valence-electron chi connectivity index (χ2n) is 3.09. The van der Waals surface area contributed by atoms with Crippen LogP contribution in [0.25, 0.3) is 0 Å². The first-order valence-electron chi connectivity index (χ1n) is 4.30. The molecule has 0 aliphatic rings. The molecule has 88 valence electrons. The van der Waals surface area contributed by atoms with Crippen molar-refractivity contribution in [1.82, 2.24) is 0 Å². The van der Waals surface area contributed by atoms with Gasteiger partial charge >= 0.3 is 12.1 Å². The summed E-state index contributed by atoms with van der Waals surface area (Å²) in [5, 5.41) is 9.07. The monoisotopic (exact) mass is 234 g/mol. The molecule has 0 heterocycles. The molecule has 1 rings (SSSR count). The molecule has 0 aromatic heterocycles. The van der Waals surface area contributed by atoms with E-state index in [-0.39, 0.29) is 11.3 Å². The number of rotatable bonds is 2. The van der Waals surface area contributed by atoms with Crippen LogP contribution in [0.1, 0.15) is 11.1 Å². The Kier molecular flexibility index (Phi) is 3.41. The maximum Gasteiger partial charge on any atom is 0.416 e. The molecule has 0 bridgehead atoms. The first kappa shape index (κ1) is 12.4. The molecular weight excluding hydrogens is 225 g/mol. The summed E-state index contributed by atoms with van der Waals surface area (Å²) in [5.41, 5.74) is -1.25. The highest BCUT2D eigenvalue weighted by atomic mass is 19.4. The van der Waals surface area contributed by atoms with Gasteiger partial charge in [0.15, 0.2) is 0 Å². The number of phenolic OH excluding ortho intramolecular Hbond substituents is 1. The minimum Gasteiger partial charge on any atom is -0.508 e. The zero-order valence-electron chi connectivity index (χ0n) is 8.34. The fourth-order valence-corrected chi connectivity index (χ4v) is 1.23. The predicted molar refractivity (Wildman–Crippen MR) is 48.8 cm³/mol. The molecule has 16 heavy (non-hydrogen) atoms. The average Bonchev–Trinajstić information content (AvgIpc) is 2.15. The first-order valence-corrected chi connectivity index (χ1v) is 4.30. The van der Waals surface area contributed by atoms with Crippen LogP contribution in [0.3, 0.4) is 0 Å². The largest absolute Gasteiger partial charge is 0.508 e. The number of methoxy groups -OCH3 is 1. The second kappa shape index (κ2) is 4.42. The molecule has 0 unspecified atom stereocenters. The summed E-state index contributed by atoms with van der Waals surface area (Å²) in [5.74, 6) is -1.12. The van der Waals surface area contributed by atoms with Crippen LogP contribution in [0.5, 0.6) is 5.75 Å². The maximum atomic E-state index is 12.5. The number of carbonyl (C=O) groups is 1. The fraction of sp³-hybridized carbons (Fsp3) is 0.300. The highest BCUT2D eigenvalue weighted by Crippen LogP contribution is 2.33. The lowest BCUT2D eigenvalue weighted by Crippen LogP contribution is -2.13. The van der Waals surface area contributed by atoms with Crippen LogP contribution < -0.4 is 0 Å². The van der Waals surface area contributed by atoms with Gasteiger partial charge in [0, 0.05) is 0 Å². The van der Waals surface area contributed by atoms with E-state index in [1.54, 1.807) is 0 Å². The Balaban J connectivity index is 3.13. The zero-order chi connectivity index (χ0) is 12.3. The lowest BCUT2D eigenvalue weighted by atomic mass is 10.0. The number of hydrogen-bond donors (Lipinski definition) is 1. The molecular formula is C10H9F3O3. The van der Waals surface area contributed by atoms with Gasteiger partial charge in [0.2, 0.25) is 0 Å². The highest BCUT2D eigenvalue weighted by Gasteiger charge is 2.33.